The summed E-state index contributed by atoms with van der Waals surface area (Å²) >= 11 is 0. The number of nitrogens with zero attached hydrogens (tertiary/aromatic N) is 4. The smallest absolute Gasteiger partial charge is 0.146 e. The molecule has 1 saturated heterocycles. The summed E-state index contributed by atoms with van der Waals surface area (Å²) in [6.07, 6.45) is 3.56. The topological polar surface area (TPSA) is 43.3 Å². The van der Waals surface area contributed by atoms with Crippen molar-refractivity contribution in [3.8, 4) is 0 Å². The van der Waals surface area contributed by atoms with Gasteiger partial charge in [-0.15, -0.1) is 17.2 Å². The summed E-state index contributed by atoms with van der Waals surface area (Å²) in [5, 5.41) is 9.91. The molecule has 0 atom stereocenters. The predicted octanol–water partition coefficient (Wildman–Crippen LogP) is -0.600. The van der Waals surface area contributed by atoms with Gasteiger partial charge in [0.2, 0.25) is 0 Å². The number of morpholine rings is 1. The molecule has 0 aromatic heterocycles. The van der Waals surface area contributed by atoms with Gasteiger partial charge in [0, 0.05) is 13.1 Å². The minimum absolute atomic E-state index is 0.692. The van der Waals surface area contributed by atoms with Crippen LogP contribution in [0.2, 0.25) is 0 Å². The molecule has 0 amide bonds. The molecule has 1 fully saturated rings. The summed E-state index contributed by atoms with van der Waals surface area (Å²) < 4.78 is 5.26. The van der Waals surface area contributed by atoms with Crippen LogP contribution in [0.25, 0.3) is 0 Å². The second-order valence-electron chi connectivity index (χ2n) is 3.11. The van der Waals surface area contributed by atoms with Crippen molar-refractivity contribution in [1.82, 2.24) is 20.8 Å². The summed E-state index contributed by atoms with van der Waals surface area (Å²) in [6, 6.07) is 0. The van der Waals surface area contributed by atoms with E-state index in [0.29, 0.717) is 6.54 Å². The van der Waals surface area contributed by atoms with Gasteiger partial charge in [0.25, 0.3) is 0 Å². The second-order valence-corrected chi connectivity index (χ2v) is 3.11. The molecule has 0 radical (unpaired) electrons. The fraction of sp³-hybridized carbons (Fsp3) is 0.625. The lowest BCUT2D eigenvalue weighted by Crippen LogP contribution is -2.54. The molecule has 2 aliphatic rings. The number of hydrogen-bond donors (Lipinski definition) is 1. The lowest BCUT2D eigenvalue weighted by atomic mass is 10.5. The van der Waals surface area contributed by atoms with Crippen LogP contribution in [0, 0.1) is 0 Å². The minimum Gasteiger partial charge on any atom is -0.379 e. The maximum Gasteiger partial charge on any atom is 0.146 e. The van der Waals surface area contributed by atoms with Gasteiger partial charge in [-0.1, -0.05) is 6.08 Å². The van der Waals surface area contributed by atoms with E-state index in [1.54, 1.807) is 17.5 Å². The third-order valence-electron chi connectivity index (χ3n) is 2.11. The van der Waals surface area contributed by atoms with Gasteiger partial charge >= 0.3 is 0 Å². The number of hydrazine groups is 3. The molecule has 0 spiro atoms. The van der Waals surface area contributed by atoms with Crippen LogP contribution in [-0.4, -0.2) is 54.4 Å². The fourth-order valence-electron chi connectivity index (χ4n) is 1.40. The van der Waals surface area contributed by atoms with Crippen molar-refractivity contribution in [1.29, 1.82) is 0 Å². The van der Waals surface area contributed by atoms with Gasteiger partial charge in [-0.2, -0.15) is 5.01 Å². The van der Waals surface area contributed by atoms with E-state index < -0.39 is 0 Å². The normalized spacial score (nSPS) is 23.1. The van der Waals surface area contributed by atoms with E-state index in [4.69, 9.17) is 4.74 Å². The monoisotopic (exact) mass is 197 g/mol. The summed E-state index contributed by atoms with van der Waals surface area (Å²) in [6.45, 7) is 7.67. The van der Waals surface area contributed by atoms with Crippen molar-refractivity contribution in [3.05, 3.63) is 12.7 Å². The van der Waals surface area contributed by atoms with Crippen molar-refractivity contribution < 1.29 is 4.74 Å². The van der Waals surface area contributed by atoms with Gasteiger partial charge in [-0.3, -0.25) is 0 Å². The molecule has 2 aliphatic heterocycles. The largest absolute Gasteiger partial charge is 0.379 e. The van der Waals surface area contributed by atoms with E-state index >= 15 is 0 Å². The molecule has 6 heteroatoms. The van der Waals surface area contributed by atoms with Crippen LogP contribution in [0.3, 0.4) is 0 Å². The average molecular weight is 197 g/mol. The molecule has 0 unspecified atom stereocenters. The maximum atomic E-state index is 5.26. The highest BCUT2D eigenvalue weighted by atomic mass is 16.5. The Morgan fingerprint density at radius 3 is 3.00 bits per heavy atom. The Hall–Kier alpha value is -1.11. The second kappa shape index (κ2) is 4.41. The van der Waals surface area contributed by atoms with Gasteiger partial charge < -0.3 is 4.74 Å². The Bertz CT molecular complexity index is 226. The minimum atomic E-state index is 0.692. The van der Waals surface area contributed by atoms with Crippen LogP contribution in [-0.2, 0) is 4.74 Å². The zero-order chi connectivity index (χ0) is 9.80. The highest BCUT2D eigenvalue weighted by Gasteiger charge is 2.20. The van der Waals surface area contributed by atoms with Gasteiger partial charge in [-0.05, 0) is 0 Å². The van der Waals surface area contributed by atoms with Crippen LogP contribution in [0.15, 0.2) is 17.8 Å². The maximum absolute atomic E-state index is 5.26. The van der Waals surface area contributed by atoms with Crippen molar-refractivity contribution in [2.24, 2.45) is 5.10 Å². The van der Waals surface area contributed by atoms with Crippen molar-refractivity contribution in [2.45, 2.75) is 0 Å². The molecule has 0 saturated carbocycles. The number of rotatable bonds is 3. The van der Waals surface area contributed by atoms with E-state index in [1.165, 1.54) is 0 Å². The lowest BCUT2D eigenvalue weighted by Gasteiger charge is -2.33. The first-order valence-electron chi connectivity index (χ1n) is 4.71. The van der Waals surface area contributed by atoms with E-state index in [0.717, 1.165) is 26.3 Å². The van der Waals surface area contributed by atoms with E-state index in [2.05, 4.69) is 22.2 Å². The Labute approximate surface area is 83.3 Å². The molecule has 1 N–H and O–H groups in total. The third-order valence-corrected chi connectivity index (χ3v) is 2.11. The average Bonchev–Trinajstić information content (AvgIpc) is 2.68. The van der Waals surface area contributed by atoms with Gasteiger partial charge in [0.05, 0.1) is 19.8 Å². The molecule has 2 heterocycles. The van der Waals surface area contributed by atoms with Crippen LogP contribution < -0.4 is 5.53 Å². The molecule has 0 aliphatic carbocycles. The van der Waals surface area contributed by atoms with Crippen LogP contribution in [0.1, 0.15) is 0 Å². The van der Waals surface area contributed by atoms with E-state index in [9.17, 15) is 0 Å². The lowest BCUT2D eigenvalue weighted by molar-refractivity contribution is -0.0952. The molecular weight excluding hydrogens is 182 g/mol. The zero-order valence-corrected chi connectivity index (χ0v) is 8.09. The quantitative estimate of drug-likeness (QED) is 0.612. The number of hydrogen-bond acceptors (Lipinski definition) is 6. The Morgan fingerprint density at radius 1 is 1.50 bits per heavy atom. The summed E-state index contributed by atoms with van der Waals surface area (Å²) in [7, 11) is 0. The molecule has 6 nitrogen and oxygen atoms in total. The van der Waals surface area contributed by atoms with Crippen molar-refractivity contribution in [2.75, 3.05) is 32.8 Å². The molecule has 78 valence electrons. The molecule has 14 heavy (non-hydrogen) atoms. The van der Waals surface area contributed by atoms with Crippen LogP contribution in [0.5, 0.6) is 0 Å². The van der Waals surface area contributed by atoms with Crippen molar-refractivity contribution in [3.63, 3.8) is 0 Å². The van der Waals surface area contributed by atoms with Crippen LogP contribution in [0.4, 0.5) is 0 Å². The van der Waals surface area contributed by atoms with E-state index in [-0.39, 0.29) is 0 Å². The summed E-state index contributed by atoms with van der Waals surface area (Å²) in [5.41, 5.74) is 3.11. The Balaban J connectivity index is 1.82. The summed E-state index contributed by atoms with van der Waals surface area (Å²) in [5.74, 6) is 0. The SMILES string of the molecule is C=CCN1N=CN(N2CCOCC2)N1. The van der Waals surface area contributed by atoms with Crippen molar-refractivity contribution >= 4 is 6.34 Å². The standard InChI is InChI=1S/C8H15N5O/c1-2-3-12-9-8-13(10-12)11-4-6-14-7-5-11/h2,8,10H,1,3-7H2. The number of ether oxygens (including phenoxy) is 1. The highest BCUT2D eigenvalue weighted by molar-refractivity contribution is 5.54. The van der Waals surface area contributed by atoms with Gasteiger partial charge in [-0.25, -0.2) is 10.2 Å². The molecule has 0 aromatic rings. The Kier molecular flexibility index (Phi) is 2.97. The fourth-order valence-corrected chi connectivity index (χ4v) is 1.40. The van der Waals surface area contributed by atoms with Crippen LogP contribution >= 0.6 is 0 Å². The van der Waals surface area contributed by atoms with Gasteiger partial charge in [0.1, 0.15) is 6.34 Å². The zero-order valence-electron chi connectivity index (χ0n) is 8.09. The first-order valence-corrected chi connectivity index (χ1v) is 4.71. The third kappa shape index (κ3) is 2.03. The van der Waals surface area contributed by atoms with E-state index in [1.807, 2.05) is 5.12 Å². The molecule has 0 aromatic carbocycles. The van der Waals surface area contributed by atoms with Gasteiger partial charge in [0.15, 0.2) is 0 Å². The first kappa shape index (κ1) is 9.45. The Morgan fingerprint density at radius 2 is 2.29 bits per heavy atom. The highest BCUT2D eigenvalue weighted by Crippen LogP contribution is 2.03. The first-order chi connectivity index (χ1) is 6.90. The predicted molar refractivity (Wildman–Crippen MR) is 52.8 cm³/mol. The molecule has 2 rings (SSSR count). The molecular formula is C8H15N5O. The summed E-state index contributed by atoms with van der Waals surface area (Å²) in [4.78, 5) is 0. The molecule has 0 bridgehead atoms. The number of hydrazone groups is 1. The number of nitrogens with one attached hydrogen (secondary N) is 1.